The lowest BCUT2D eigenvalue weighted by Gasteiger charge is -2.18. The zero-order valence-electron chi connectivity index (χ0n) is 19.4. The van der Waals surface area contributed by atoms with Crippen LogP contribution in [0.5, 0.6) is 0 Å². The average Bonchev–Trinajstić information content (AvgIpc) is 2.81. The van der Waals surface area contributed by atoms with Crippen molar-refractivity contribution in [2.24, 2.45) is 10.7 Å². The fraction of sp³-hybridized carbons (Fsp3) is 0.292. The smallest absolute Gasteiger partial charge is 0.256 e. The van der Waals surface area contributed by atoms with Gasteiger partial charge in [-0.2, -0.15) is 4.98 Å². The van der Waals surface area contributed by atoms with E-state index >= 15 is 0 Å². The Balaban J connectivity index is 1.87. The summed E-state index contributed by atoms with van der Waals surface area (Å²) in [7, 11) is 0. The summed E-state index contributed by atoms with van der Waals surface area (Å²) in [6, 6.07) is 6.07. The number of anilines is 2. The predicted molar refractivity (Wildman–Crippen MR) is 133 cm³/mol. The summed E-state index contributed by atoms with van der Waals surface area (Å²) in [6.45, 7) is 9.36. The molecule has 0 unspecified atom stereocenters. The summed E-state index contributed by atoms with van der Waals surface area (Å²) >= 11 is 0. The summed E-state index contributed by atoms with van der Waals surface area (Å²) in [4.78, 5) is 37.3. The number of carbonyl (C=O) groups excluding carboxylic acids is 2. The first-order valence-corrected chi connectivity index (χ1v) is 11.0. The van der Waals surface area contributed by atoms with Gasteiger partial charge in [-0.05, 0) is 56.1 Å². The van der Waals surface area contributed by atoms with Crippen molar-refractivity contribution in [3.8, 4) is 0 Å². The van der Waals surface area contributed by atoms with Crippen LogP contribution in [0.15, 0.2) is 54.2 Å². The van der Waals surface area contributed by atoms with Crippen LogP contribution >= 0.6 is 0 Å². The average molecular weight is 463 g/mol. The van der Waals surface area contributed by atoms with Crippen molar-refractivity contribution in [2.45, 2.75) is 32.9 Å². The highest BCUT2D eigenvalue weighted by Crippen LogP contribution is 2.23. The molecule has 34 heavy (non-hydrogen) atoms. The van der Waals surface area contributed by atoms with Crippen LogP contribution in [0.2, 0.25) is 0 Å². The fourth-order valence-corrected chi connectivity index (χ4v) is 3.28. The fourth-order valence-electron chi connectivity index (χ4n) is 3.28. The van der Waals surface area contributed by atoms with E-state index in [0.717, 1.165) is 25.2 Å². The van der Waals surface area contributed by atoms with E-state index in [-0.39, 0.29) is 41.7 Å². The summed E-state index contributed by atoms with van der Waals surface area (Å²) in [6.07, 6.45) is 6.52. The maximum atomic E-state index is 12.6. The van der Waals surface area contributed by atoms with Gasteiger partial charge in [-0.15, -0.1) is 6.58 Å². The molecule has 6 N–H and O–H groups in total. The third-order valence-corrected chi connectivity index (χ3v) is 4.84. The number of nitrogens with two attached hydrogens (primary N) is 1. The molecule has 0 radical (unpaired) electrons. The van der Waals surface area contributed by atoms with Crippen LogP contribution in [-0.4, -0.2) is 46.7 Å². The molecule has 1 aromatic heterocycles. The molecule has 0 fully saturated rings. The second-order valence-electron chi connectivity index (χ2n) is 8.00. The third-order valence-electron chi connectivity index (χ3n) is 4.84. The largest absolute Gasteiger partial charge is 0.384 e. The molecule has 1 aromatic carbocycles. The van der Waals surface area contributed by atoms with Crippen LogP contribution in [0.4, 0.5) is 17.5 Å². The Kier molecular flexibility index (Phi) is 8.47. The van der Waals surface area contributed by atoms with Crippen molar-refractivity contribution >= 4 is 35.1 Å². The van der Waals surface area contributed by atoms with Gasteiger partial charge in [0.2, 0.25) is 11.9 Å². The molecule has 0 saturated heterocycles. The molecular formula is C24H30N8O2. The summed E-state index contributed by atoms with van der Waals surface area (Å²) in [5.41, 5.74) is 9.48. The maximum absolute atomic E-state index is 12.6. The molecule has 10 nitrogen and oxygen atoms in total. The standard InChI is InChI=1S/C24H30N8O2/c1-4-10-27-23(34)19-14-28-24(30-18-6-5-17-13-26-11-9-16(17)12-18)32-22(19)31-20(25)7-8-21(33)29-15(2)3/h4-8,12,14-15,26H,1,9-11,13H2,2-3H3,(H,27,34)(H,29,33)(H3,25,28,30,31,32)/b8-7-. The number of hydrogen-bond acceptors (Lipinski definition) is 7. The van der Waals surface area contributed by atoms with E-state index < -0.39 is 5.91 Å². The summed E-state index contributed by atoms with van der Waals surface area (Å²) < 4.78 is 0. The van der Waals surface area contributed by atoms with Gasteiger partial charge < -0.3 is 27.0 Å². The van der Waals surface area contributed by atoms with Crippen molar-refractivity contribution in [3.63, 3.8) is 0 Å². The van der Waals surface area contributed by atoms with Crippen LogP contribution in [0.1, 0.15) is 35.3 Å². The highest BCUT2D eigenvalue weighted by atomic mass is 16.2. The Morgan fingerprint density at radius 1 is 1.29 bits per heavy atom. The van der Waals surface area contributed by atoms with Crippen LogP contribution in [0.25, 0.3) is 0 Å². The number of aromatic nitrogens is 2. The first kappa shape index (κ1) is 24.6. The molecule has 0 aliphatic carbocycles. The number of aliphatic imine (C=N–C) groups is 1. The molecule has 0 spiro atoms. The van der Waals surface area contributed by atoms with Gasteiger partial charge in [0, 0.05) is 37.1 Å². The van der Waals surface area contributed by atoms with Gasteiger partial charge in [0.15, 0.2) is 5.82 Å². The van der Waals surface area contributed by atoms with Crippen LogP contribution in [0.3, 0.4) is 0 Å². The number of rotatable bonds is 9. The molecule has 10 heteroatoms. The number of hydrogen-bond donors (Lipinski definition) is 5. The molecule has 0 atom stereocenters. The predicted octanol–water partition coefficient (Wildman–Crippen LogP) is 1.85. The van der Waals surface area contributed by atoms with Crippen LogP contribution < -0.4 is 27.0 Å². The Hall–Kier alpha value is -4.05. The summed E-state index contributed by atoms with van der Waals surface area (Å²) in [5.74, 6) is -0.358. The number of nitrogens with zero attached hydrogens (tertiary/aromatic N) is 3. The van der Waals surface area contributed by atoms with Crippen molar-refractivity contribution in [3.05, 3.63) is 65.9 Å². The highest BCUT2D eigenvalue weighted by molar-refractivity contribution is 6.02. The Bertz CT molecular complexity index is 1120. The van der Waals surface area contributed by atoms with Crippen molar-refractivity contribution < 1.29 is 9.59 Å². The highest BCUT2D eigenvalue weighted by Gasteiger charge is 2.15. The quantitative estimate of drug-likeness (QED) is 0.165. The second-order valence-corrected chi connectivity index (χ2v) is 8.00. The van der Waals surface area contributed by atoms with E-state index in [4.69, 9.17) is 5.73 Å². The molecule has 1 aliphatic rings. The Morgan fingerprint density at radius 2 is 2.12 bits per heavy atom. The Labute approximate surface area is 198 Å². The molecular weight excluding hydrogens is 432 g/mol. The number of fused-ring (bicyclic) bond motifs is 1. The van der Waals surface area contributed by atoms with Gasteiger partial charge in [0.1, 0.15) is 11.4 Å². The SMILES string of the molecule is C=CCNC(=O)c1cnc(Nc2ccc3c(c2)CCNC3)nc1N=C(N)/C=C\C(=O)NC(C)C. The number of benzene rings is 1. The molecule has 2 aromatic rings. The minimum Gasteiger partial charge on any atom is -0.384 e. The minimum absolute atomic E-state index is 0.00849. The van der Waals surface area contributed by atoms with Gasteiger partial charge in [-0.3, -0.25) is 9.59 Å². The van der Waals surface area contributed by atoms with Crippen molar-refractivity contribution in [1.82, 2.24) is 25.9 Å². The number of carbonyl (C=O) groups is 2. The van der Waals surface area contributed by atoms with E-state index in [2.05, 4.69) is 54.9 Å². The lowest BCUT2D eigenvalue weighted by molar-refractivity contribution is -0.116. The molecule has 178 valence electrons. The zero-order valence-corrected chi connectivity index (χ0v) is 19.4. The van der Waals surface area contributed by atoms with E-state index in [0.29, 0.717) is 0 Å². The molecule has 2 amide bonds. The zero-order chi connectivity index (χ0) is 24.5. The van der Waals surface area contributed by atoms with Crippen LogP contribution in [-0.2, 0) is 17.8 Å². The van der Waals surface area contributed by atoms with E-state index in [1.807, 2.05) is 19.9 Å². The first-order chi connectivity index (χ1) is 16.4. The molecule has 1 aliphatic heterocycles. The van der Waals surface area contributed by atoms with E-state index in [1.54, 1.807) is 6.08 Å². The molecule has 3 rings (SSSR count). The van der Waals surface area contributed by atoms with Gasteiger partial charge >= 0.3 is 0 Å². The van der Waals surface area contributed by atoms with Gasteiger partial charge in [0.05, 0.1) is 0 Å². The minimum atomic E-state index is -0.416. The normalized spacial score (nSPS) is 13.4. The summed E-state index contributed by atoms with van der Waals surface area (Å²) in [5, 5.41) is 11.9. The number of nitrogens with one attached hydrogen (secondary N) is 4. The van der Waals surface area contributed by atoms with E-state index in [1.165, 1.54) is 29.5 Å². The Morgan fingerprint density at radius 3 is 2.88 bits per heavy atom. The van der Waals surface area contributed by atoms with Crippen molar-refractivity contribution in [1.29, 1.82) is 0 Å². The first-order valence-electron chi connectivity index (χ1n) is 11.0. The van der Waals surface area contributed by atoms with E-state index in [9.17, 15) is 9.59 Å². The topological polar surface area (TPSA) is 146 Å². The van der Waals surface area contributed by atoms with Crippen molar-refractivity contribution in [2.75, 3.05) is 18.4 Å². The molecule has 0 saturated carbocycles. The maximum Gasteiger partial charge on any atom is 0.256 e. The van der Waals surface area contributed by atoms with Crippen LogP contribution in [0, 0.1) is 0 Å². The molecule has 2 heterocycles. The number of amidine groups is 1. The third kappa shape index (κ3) is 6.97. The van der Waals surface area contributed by atoms with Gasteiger partial charge in [-0.1, -0.05) is 12.1 Å². The lowest BCUT2D eigenvalue weighted by atomic mass is 10.0. The molecule has 0 bridgehead atoms. The number of amides is 2. The van der Waals surface area contributed by atoms with Gasteiger partial charge in [-0.25, -0.2) is 9.98 Å². The monoisotopic (exact) mass is 462 g/mol. The lowest BCUT2D eigenvalue weighted by Crippen LogP contribution is -2.28. The van der Waals surface area contributed by atoms with Gasteiger partial charge in [0.25, 0.3) is 5.91 Å². The second kappa shape index (κ2) is 11.7.